The second kappa shape index (κ2) is 8.57. The lowest BCUT2D eigenvalue weighted by Gasteiger charge is -2.40. The Bertz CT molecular complexity index is 1360. The number of fused-ring (bicyclic) bond motifs is 1. The van der Waals surface area contributed by atoms with Crippen LogP contribution in [0.4, 0.5) is 17.5 Å². The number of ketones is 1. The number of Topliss-reactive ketones (excluding diaryl/α,β-unsaturated/α-hetero) is 1. The Morgan fingerprint density at radius 1 is 1.09 bits per heavy atom. The number of rotatable bonds is 7. The van der Waals surface area contributed by atoms with Crippen LogP contribution in [-0.4, -0.2) is 59.2 Å². The van der Waals surface area contributed by atoms with Gasteiger partial charge in [-0.25, -0.2) is 28.4 Å². The molecular formula is C24H28N6O3S. The molecule has 0 aromatic carbocycles. The van der Waals surface area contributed by atoms with Gasteiger partial charge in [0, 0.05) is 68.0 Å². The maximum absolute atomic E-state index is 11.6. The number of hydrogen-bond donors (Lipinski definition) is 1. The van der Waals surface area contributed by atoms with Crippen LogP contribution >= 0.6 is 0 Å². The van der Waals surface area contributed by atoms with E-state index >= 15 is 0 Å². The fourth-order valence-corrected chi connectivity index (χ4v) is 5.71. The van der Waals surface area contributed by atoms with Gasteiger partial charge in [0.15, 0.2) is 0 Å². The van der Waals surface area contributed by atoms with Gasteiger partial charge in [-0.1, -0.05) is 13.8 Å². The van der Waals surface area contributed by atoms with Crippen molar-refractivity contribution in [3.8, 4) is 0 Å². The molecule has 178 valence electrons. The van der Waals surface area contributed by atoms with Crippen LogP contribution in [0.5, 0.6) is 0 Å². The molecule has 4 heterocycles. The van der Waals surface area contributed by atoms with Gasteiger partial charge in [-0.3, -0.25) is 4.79 Å². The van der Waals surface area contributed by atoms with Gasteiger partial charge >= 0.3 is 0 Å². The van der Waals surface area contributed by atoms with Crippen molar-refractivity contribution in [2.24, 2.45) is 5.92 Å². The third kappa shape index (κ3) is 4.59. The molecular weight excluding hydrogens is 452 g/mol. The Hall–Kier alpha value is -3.14. The molecule has 5 rings (SSSR count). The van der Waals surface area contributed by atoms with Crippen LogP contribution in [-0.2, 0) is 14.6 Å². The highest BCUT2D eigenvalue weighted by atomic mass is 32.2. The number of anilines is 3. The van der Waals surface area contributed by atoms with Crippen LogP contribution < -0.4 is 10.2 Å². The summed E-state index contributed by atoms with van der Waals surface area (Å²) in [5.74, 6) is 3.78. The molecule has 1 aliphatic carbocycles. The monoisotopic (exact) mass is 480 g/mol. The molecule has 2 fully saturated rings. The average molecular weight is 481 g/mol. The van der Waals surface area contributed by atoms with Crippen molar-refractivity contribution < 1.29 is 13.2 Å². The van der Waals surface area contributed by atoms with Gasteiger partial charge in [-0.15, -0.1) is 0 Å². The van der Waals surface area contributed by atoms with Crippen LogP contribution in [0, 0.1) is 5.92 Å². The van der Waals surface area contributed by atoms with E-state index in [9.17, 15) is 13.2 Å². The summed E-state index contributed by atoms with van der Waals surface area (Å²) in [6, 6.07) is 3.80. The number of pyridine rings is 2. The van der Waals surface area contributed by atoms with E-state index in [0.717, 1.165) is 22.2 Å². The SMILES string of the molecule is CC(C)c1cnc(N2CC(CS(C)(=O)=O)C2)c2cnc(Nc3ccnc(C4CC(=O)C4)n3)cc12. The summed E-state index contributed by atoms with van der Waals surface area (Å²) in [6.07, 6.45) is 7.73. The minimum atomic E-state index is -2.99. The second-order valence-electron chi connectivity index (χ2n) is 9.74. The Morgan fingerprint density at radius 3 is 2.53 bits per heavy atom. The zero-order valence-electron chi connectivity index (χ0n) is 19.5. The van der Waals surface area contributed by atoms with Gasteiger partial charge in [0.05, 0.1) is 5.75 Å². The zero-order chi connectivity index (χ0) is 24.0. The Morgan fingerprint density at radius 2 is 1.85 bits per heavy atom. The summed E-state index contributed by atoms with van der Waals surface area (Å²) in [5.41, 5.74) is 1.12. The molecule has 0 spiro atoms. The lowest BCUT2D eigenvalue weighted by atomic mass is 9.83. The number of aromatic nitrogens is 4. The van der Waals surface area contributed by atoms with Crippen LogP contribution in [0.15, 0.2) is 30.7 Å². The number of nitrogens with one attached hydrogen (secondary N) is 1. The first-order valence-corrected chi connectivity index (χ1v) is 13.6. The summed E-state index contributed by atoms with van der Waals surface area (Å²) in [4.78, 5) is 31.7. The highest BCUT2D eigenvalue weighted by Crippen LogP contribution is 2.36. The maximum atomic E-state index is 11.6. The molecule has 0 atom stereocenters. The van der Waals surface area contributed by atoms with Crippen LogP contribution in [0.25, 0.3) is 10.8 Å². The van der Waals surface area contributed by atoms with E-state index in [4.69, 9.17) is 4.98 Å². The van der Waals surface area contributed by atoms with Crippen molar-refractivity contribution in [2.45, 2.75) is 38.5 Å². The molecule has 2 aliphatic rings. The maximum Gasteiger partial charge on any atom is 0.147 e. The molecule has 0 bridgehead atoms. The van der Waals surface area contributed by atoms with E-state index in [1.165, 1.54) is 6.26 Å². The van der Waals surface area contributed by atoms with Crippen molar-refractivity contribution in [1.29, 1.82) is 0 Å². The van der Waals surface area contributed by atoms with Gasteiger partial charge in [0.25, 0.3) is 0 Å². The molecule has 34 heavy (non-hydrogen) atoms. The van der Waals surface area contributed by atoms with Crippen molar-refractivity contribution in [1.82, 2.24) is 19.9 Å². The van der Waals surface area contributed by atoms with Crippen molar-refractivity contribution in [2.75, 3.05) is 35.3 Å². The smallest absolute Gasteiger partial charge is 0.147 e. The van der Waals surface area contributed by atoms with Crippen LogP contribution in [0.2, 0.25) is 0 Å². The lowest BCUT2D eigenvalue weighted by molar-refractivity contribution is -0.124. The number of nitrogens with zero attached hydrogens (tertiary/aromatic N) is 5. The topological polar surface area (TPSA) is 118 Å². The molecule has 10 heteroatoms. The van der Waals surface area contributed by atoms with Crippen LogP contribution in [0.1, 0.15) is 49.9 Å². The average Bonchev–Trinajstić information content (AvgIpc) is 2.72. The van der Waals surface area contributed by atoms with Crippen molar-refractivity contribution in [3.63, 3.8) is 0 Å². The summed E-state index contributed by atoms with van der Waals surface area (Å²) in [7, 11) is -2.99. The molecule has 1 aliphatic heterocycles. The van der Waals surface area contributed by atoms with E-state index < -0.39 is 9.84 Å². The predicted molar refractivity (Wildman–Crippen MR) is 131 cm³/mol. The summed E-state index contributed by atoms with van der Waals surface area (Å²) < 4.78 is 23.2. The minimum Gasteiger partial charge on any atom is -0.355 e. The summed E-state index contributed by atoms with van der Waals surface area (Å²) >= 11 is 0. The third-order valence-electron chi connectivity index (χ3n) is 6.44. The molecule has 3 aromatic rings. The largest absolute Gasteiger partial charge is 0.355 e. The minimum absolute atomic E-state index is 0.100. The quantitative estimate of drug-likeness (QED) is 0.544. The first-order valence-electron chi connectivity index (χ1n) is 11.5. The van der Waals surface area contributed by atoms with Crippen molar-refractivity contribution >= 4 is 43.8 Å². The molecule has 1 N–H and O–H groups in total. The van der Waals surface area contributed by atoms with Gasteiger partial charge in [0.1, 0.15) is 38.9 Å². The molecule has 0 radical (unpaired) electrons. The van der Waals surface area contributed by atoms with E-state index in [0.29, 0.717) is 43.4 Å². The Labute approximate surface area is 199 Å². The zero-order valence-corrected chi connectivity index (χ0v) is 20.3. The van der Waals surface area contributed by atoms with Crippen molar-refractivity contribution in [3.05, 3.63) is 42.1 Å². The van der Waals surface area contributed by atoms with Gasteiger partial charge in [0.2, 0.25) is 0 Å². The lowest BCUT2D eigenvalue weighted by Crippen LogP contribution is -2.50. The fraction of sp³-hybridized carbons (Fsp3) is 0.458. The molecule has 9 nitrogen and oxygen atoms in total. The molecule has 0 unspecified atom stereocenters. The summed E-state index contributed by atoms with van der Waals surface area (Å²) in [6.45, 7) is 5.60. The predicted octanol–water partition coefficient (Wildman–Crippen LogP) is 3.21. The molecule has 1 saturated carbocycles. The second-order valence-corrected chi connectivity index (χ2v) is 11.9. The Kier molecular flexibility index (Phi) is 5.71. The standard InChI is InChI=1S/C24H28N6O3S/c1-14(2)19-9-27-24(30-11-15(12-30)13-34(3,32)33)20-10-26-22(8-18(19)20)28-21-4-5-25-23(29-21)16-6-17(31)7-16/h4-5,8-10,14-16H,6-7,11-13H2,1-3H3,(H,25,26,28,29). The number of carbonyl (C=O) groups excluding carboxylic acids is 1. The van der Waals surface area contributed by atoms with Gasteiger partial charge in [-0.05, 0) is 29.0 Å². The summed E-state index contributed by atoms with van der Waals surface area (Å²) in [5, 5.41) is 5.29. The highest BCUT2D eigenvalue weighted by molar-refractivity contribution is 7.90. The normalized spacial score (nSPS) is 17.2. The number of hydrogen-bond acceptors (Lipinski definition) is 9. The highest BCUT2D eigenvalue weighted by Gasteiger charge is 2.32. The first-order chi connectivity index (χ1) is 16.2. The molecule has 3 aromatic heterocycles. The van der Waals surface area contributed by atoms with E-state index in [1.807, 2.05) is 18.5 Å². The first kappa shape index (κ1) is 22.6. The molecule has 0 amide bonds. The van der Waals surface area contributed by atoms with E-state index in [-0.39, 0.29) is 29.3 Å². The Balaban J connectivity index is 1.41. The van der Waals surface area contributed by atoms with E-state index in [2.05, 4.69) is 39.0 Å². The fourth-order valence-electron chi connectivity index (χ4n) is 4.64. The van der Waals surface area contributed by atoms with E-state index in [1.54, 1.807) is 12.3 Å². The van der Waals surface area contributed by atoms with Gasteiger partial charge in [-0.2, -0.15) is 0 Å². The number of carbonyl (C=O) groups is 1. The molecule has 1 saturated heterocycles. The van der Waals surface area contributed by atoms with Gasteiger partial charge < -0.3 is 10.2 Å². The van der Waals surface area contributed by atoms with Crippen LogP contribution in [0.3, 0.4) is 0 Å². The third-order valence-corrected chi connectivity index (χ3v) is 7.52. The number of sulfone groups is 1.